The van der Waals surface area contributed by atoms with Crippen LogP contribution < -0.4 is 0 Å². The van der Waals surface area contributed by atoms with Gasteiger partial charge in [-0.1, -0.05) is 41.6 Å². The molecule has 9 heteroatoms. The normalized spacial score (nSPS) is 18.2. The van der Waals surface area contributed by atoms with Gasteiger partial charge in [0.2, 0.25) is 10.0 Å². The first-order valence-corrected chi connectivity index (χ1v) is 10.2. The summed E-state index contributed by atoms with van der Waals surface area (Å²) in [7, 11) is -3.64. The van der Waals surface area contributed by atoms with Crippen LogP contribution >= 0.6 is 0 Å². The number of ether oxygens (including phenoxy) is 1. The lowest BCUT2D eigenvalue weighted by Gasteiger charge is -2.30. The molecule has 1 atom stereocenters. The van der Waals surface area contributed by atoms with Crippen LogP contribution in [0.1, 0.15) is 23.4 Å². The van der Waals surface area contributed by atoms with Crippen LogP contribution in [0, 0.1) is 5.82 Å². The van der Waals surface area contributed by atoms with Gasteiger partial charge in [-0.25, -0.2) is 12.8 Å². The van der Waals surface area contributed by atoms with Gasteiger partial charge in [-0.05, 0) is 23.8 Å². The van der Waals surface area contributed by atoms with E-state index in [-0.39, 0.29) is 42.7 Å². The molecule has 1 aliphatic heterocycles. The second-order valence-electron chi connectivity index (χ2n) is 6.35. The van der Waals surface area contributed by atoms with Gasteiger partial charge in [-0.2, -0.15) is 9.29 Å². The van der Waals surface area contributed by atoms with Crippen LogP contribution in [0.2, 0.25) is 0 Å². The molecule has 0 saturated carbocycles. The number of halogens is 1. The standard InChI is InChI=1S/C19H18FN3O4S/c20-16-9-5-4-6-14(16)12-18-21-19(27-22-18)17-13-23(10-11-26-17)28(24,25)15-7-2-1-3-8-15/h1-9,17H,10-13H2/t17-/m0/s1. The SMILES string of the molecule is O=S(=O)(c1ccccc1)N1CCO[C@H](c2nc(Cc3ccccc3F)no2)C1. The number of benzene rings is 2. The van der Waals surface area contributed by atoms with Crippen molar-refractivity contribution in [3.63, 3.8) is 0 Å². The molecule has 2 aromatic carbocycles. The minimum absolute atomic E-state index is 0.0680. The van der Waals surface area contributed by atoms with E-state index in [0.29, 0.717) is 11.4 Å². The third-order valence-corrected chi connectivity index (χ3v) is 6.36. The summed E-state index contributed by atoms with van der Waals surface area (Å²) in [5.74, 6) is 0.147. The van der Waals surface area contributed by atoms with Crippen LogP contribution in [-0.2, 0) is 21.2 Å². The van der Waals surface area contributed by atoms with E-state index in [1.165, 1.54) is 10.4 Å². The Balaban J connectivity index is 1.50. The summed E-state index contributed by atoms with van der Waals surface area (Å²) in [6, 6.07) is 14.6. The van der Waals surface area contributed by atoms with Crippen molar-refractivity contribution in [2.75, 3.05) is 19.7 Å². The summed E-state index contributed by atoms with van der Waals surface area (Å²) in [5, 5.41) is 3.87. The Bertz CT molecular complexity index is 1060. The summed E-state index contributed by atoms with van der Waals surface area (Å²) < 4.78 is 51.6. The van der Waals surface area contributed by atoms with Crippen molar-refractivity contribution in [2.24, 2.45) is 0 Å². The monoisotopic (exact) mass is 403 g/mol. The van der Waals surface area contributed by atoms with Crippen molar-refractivity contribution >= 4 is 10.0 Å². The molecule has 1 fully saturated rings. The van der Waals surface area contributed by atoms with Gasteiger partial charge >= 0.3 is 0 Å². The van der Waals surface area contributed by atoms with Crippen LogP contribution in [0.4, 0.5) is 4.39 Å². The molecule has 28 heavy (non-hydrogen) atoms. The van der Waals surface area contributed by atoms with Gasteiger partial charge < -0.3 is 9.26 Å². The van der Waals surface area contributed by atoms with E-state index in [9.17, 15) is 12.8 Å². The predicted molar refractivity (Wildman–Crippen MR) is 97.4 cm³/mol. The molecule has 0 unspecified atom stereocenters. The maximum absolute atomic E-state index is 13.8. The maximum Gasteiger partial charge on any atom is 0.257 e. The molecule has 3 aromatic rings. The van der Waals surface area contributed by atoms with Crippen molar-refractivity contribution in [2.45, 2.75) is 17.4 Å². The zero-order valence-electron chi connectivity index (χ0n) is 14.9. The predicted octanol–water partition coefficient (Wildman–Crippen LogP) is 2.56. The first kappa shape index (κ1) is 18.7. The highest BCUT2D eigenvalue weighted by atomic mass is 32.2. The van der Waals surface area contributed by atoms with Crippen LogP contribution in [-0.4, -0.2) is 42.6 Å². The molecule has 146 valence electrons. The summed E-state index contributed by atoms with van der Waals surface area (Å²) in [5.41, 5.74) is 0.452. The van der Waals surface area contributed by atoms with E-state index < -0.39 is 16.1 Å². The molecule has 0 radical (unpaired) electrons. The molecule has 0 aliphatic carbocycles. The zero-order valence-corrected chi connectivity index (χ0v) is 15.7. The summed E-state index contributed by atoms with van der Waals surface area (Å²) in [6.07, 6.45) is -0.497. The Hall–Kier alpha value is -2.62. The number of rotatable bonds is 5. The van der Waals surface area contributed by atoms with Gasteiger partial charge in [-0.3, -0.25) is 0 Å². The number of aromatic nitrogens is 2. The van der Waals surface area contributed by atoms with Crippen LogP contribution in [0.5, 0.6) is 0 Å². The second kappa shape index (κ2) is 7.78. The highest BCUT2D eigenvalue weighted by Gasteiger charge is 2.34. The molecule has 7 nitrogen and oxygen atoms in total. The first-order chi connectivity index (χ1) is 13.5. The molecule has 1 aromatic heterocycles. The number of hydrogen-bond donors (Lipinski definition) is 0. The van der Waals surface area contributed by atoms with Crippen LogP contribution in [0.15, 0.2) is 64.0 Å². The number of nitrogens with zero attached hydrogens (tertiary/aromatic N) is 3. The number of hydrogen-bond acceptors (Lipinski definition) is 6. The maximum atomic E-state index is 13.8. The van der Waals surface area contributed by atoms with Gasteiger partial charge in [0.1, 0.15) is 5.82 Å². The first-order valence-electron chi connectivity index (χ1n) is 8.77. The van der Waals surface area contributed by atoms with E-state index in [2.05, 4.69) is 10.1 Å². The highest BCUT2D eigenvalue weighted by molar-refractivity contribution is 7.89. The third-order valence-electron chi connectivity index (χ3n) is 4.48. The summed E-state index contributed by atoms with van der Waals surface area (Å²) in [4.78, 5) is 4.49. The van der Waals surface area contributed by atoms with Crippen molar-refractivity contribution < 1.29 is 22.1 Å². The van der Waals surface area contributed by atoms with Crippen LogP contribution in [0.25, 0.3) is 0 Å². The average molecular weight is 403 g/mol. The lowest BCUT2D eigenvalue weighted by Crippen LogP contribution is -2.42. The van der Waals surface area contributed by atoms with E-state index in [1.54, 1.807) is 48.5 Å². The Morgan fingerprint density at radius 1 is 1.11 bits per heavy atom. The van der Waals surface area contributed by atoms with E-state index in [4.69, 9.17) is 9.26 Å². The lowest BCUT2D eigenvalue weighted by molar-refractivity contribution is -0.0199. The minimum Gasteiger partial charge on any atom is -0.366 e. The third kappa shape index (κ3) is 3.82. The second-order valence-corrected chi connectivity index (χ2v) is 8.29. The largest absolute Gasteiger partial charge is 0.366 e. The Kier molecular flexibility index (Phi) is 5.21. The van der Waals surface area contributed by atoms with E-state index in [0.717, 1.165) is 0 Å². The molecular formula is C19H18FN3O4S. The fourth-order valence-corrected chi connectivity index (χ4v) is 4.46. The fourth-order valence-electron chi connectivity index (χ4n) is 3.02. The van der Waals surface area contributed by atoms with Gasteiger partial charge in [0.15, 0.2) is 11.9 Å². The molecular weight excluding hydrogens is 385 g/mol. The van der Waals surface area contributed by atoms with Gasteiger partial charge in [0, 0.05) is 19.5 Å². The van der Waals surface area contributed by atoms with Crippen molar-refractivity contribution in [1.29, 1.82) is 0 Å². The number of sulfonamides is 1. The highest BCUT2D eigenvalue weighted by Crippen LogP contribution is 2.26. The average Bonchev–Trinajstić information content (AvgIpc) is 3.19. The molecule has 1 saturated heterocycles. The van der Waals surface area contributed by atoms with E-state index in [1.807, 2.05) is 0 Å². The quantitative estimate of drug-likeness (QED) is 0.651. The topological polar surface area (TPSA) is 85.5 Å². The van der Waals surface area contributed by atoms with Crippen LogP contribution in [0.3, 0.4) is 0 Å². The molecule has 0 N–H and O–H groups in total. The Labute approximate surface area is 161 Å². The Morgan fingerprint density at radius 2 is 1.86 bits per heavy atom. The molecule has 0 spiro atoms. The molecule has 4 rings (SSSR count). The van der Waals surface area contributed by atoms with Gasteiger partial charge in [-0.15, -0.1) is 0 Å². The molecule has 2 heterocycles. The van der Waals surface area contributed by atoms with E-state index >= 15 is 0 Å². The summed E-state index contributed by atoms with van der Waals surface area (Å²) in [6.45, 7) is 0.518. The fraction of sp³-hybridized carbons (Fsp3) is 0.263. The Morgan fingerprint density at radius 3 is 2.64 bits per heavy atom. The van der Waals surface area contributed by atoms with Crippen molar-refractivity contribution in [3.8, 4) is 0 Å². The van der Waals surface area contributed by atoms with Crippen molar-refractivity contribution in [1.82, 2.24) is 14.4 Å². The van der Waals surface area contributed by atoms with Gasteiger partial charge in [0.25, 0.3) is 5.89 Å². The minimum atomic E-state index is -3.64. The summed E-state index contributed by atoms with van der Waals surface area (Å²) >= 11 is 0. The molecule has 1 aliphatic rings. The number of morpholine rings is 1. The zero-order chi connectivity index (χ0) is 19.6. The molecule has 0 amide bonds. The molecule has 0 bridgehead atoms. The van der Waals surface area contributed by atoms with Gasteiger partial charge in [0.05, 0.1) is 11.5 Å². The smallest absolute Gasteiger partial charge is 0.257 e. The van der Waals surface area contributed by atoms with Crippen molar-refractivity contribution in [3.05, 3.63) is 77.7 Å². The lowest BCUT2D eigenvalue weighted by atomic mass is 10.1.